The van der Waals surface area contributed by atoms with Gasteiger partial charge in [-0.25, -0.2) is 0 Å². The fourth-order valence-electron chi connectivity index (χ4n) is 1.75. The predicted molar refractivity (Wildman–Crippen MR) is 74.3 cm³/mol. The van der Waals surface area contributed by atoms with Crippen molar-refractivity contribution in [3.63, 3.8) is 0 Å². The van der Waals surface area contributed by atoms with Crippen LogP contribution in [-0.2, 0) is 0 Å². The summed E-state index contributed by atoms with van der Waals surface area (Å²) < 4.78 is 5.11. The number of carbonyl (C=O) groups is 1. The summed E-state index contributed by atoms with van der Waals surface area (Å²) >= 11 is 0. The number of ether oxygens (including phenoxy) is 1. The molecule has 3 N–H and O–H groups in total. The Hall–Kier alpha value is -2.56. The van der Waals surface area contributed by atoms with Gasteiger partial charge in [-0.05, 0) is 36.8 Å². The van der Waals surface area contributed by atoms with Crippen LogP contribution in [0.1, 0.15) is 15.9 Å². The number of hydrogen-bond donors (Lipinski definition) is 2. The topological polar surface area (TPSA) is 77.2 Å². The van der Waals surface area contributed by atoms with E-state index in [9.17, 15) is 4.79 Å². The molecule has 0 saturated carbocycles. The summed E-state index contributed by atoms with van der Waals surface area (Å²) in [5.74, 6) is 0.195. The molecule has 0 atom stereocenters. The van der Waals surface area contributed by atoms with Crippen molar-refractivity contribution in [3.8, 4) is 5.75 Å². The number of nitrogens with two attached hydrogens (primary N) is 1. The van der Waals surface area contributed by atoms with E-state index in [4.69, 9.17) is 10.5 Å². The van der Waals surface area contributed by atoms with Crippen molar-refractivity contribution < 1.29 is 9.53 Å². The highest BCUT2D eigenvalue weighted by Crippen LogP contribution is 2.21. The van der Waals surface area contributed by atoms with Crippen LogP contribution in [0, 0.1) is 6.92 Å². The van der Waals surface area contributed by atoms with E-state index in [0.717, 1.165) is 11.3 Å². The van der Waals surface area contributed by atoms with Crippen molar-refractivity contribution in [2.75, 3.05) is 18.2 Å². The van der Waals surface area contributed by atoms with Gasteiger partial charge in [-0.15, -0.1) is 0 Å². The summed E-state index contributed by atoms with van der Waals surface area (Å²) in [7, 11) is 1.50. The lowest BCUT2D eigenvalue weighted by Crippen LogP contribution is -2.14. The standard InChI is InChI=1S/C14H15N3O2/c1-9-7-10(15)3-4-12(9)17-14(18)11-5-6-16-8-13(11)19-2/h3-8H,15H2,1-2H3,(H,17,18). The maximum Gasteiger partial charge on any atom is 0.259 e. The number of benzene rings is 1. The Labute approximate surface area is 111 Å². The number of hydrogen-bond acceptors (Lipinski definition) is 4. The van der Waals surface area contributed by atoms with Crippen molar-refractivity contribution in [2.45, 2.75) is 6.92 Å². The van der Waals surface area contributed by atoms with Crippen molar-refractivity contribution in [3.05, 3.63) is 47.8 Å². The minimum absolute atomic E-state index is 0.243. The summed E-state index contributed by atoms with van der Waals surface area (Å²) in [4.78, 5) is 16.1. The predicted octanol–water partition coefficient (Wildman–Crippen LogP) is 2.23. The van der Waals surface area contributed by atoms with E-state index in [-0.39, 0.29) is 5.91 Å². The van der Waals surface area contributed by atoms with Gasteiger partial charge in [-0.1, -0.05) is 0 Å². The first-order valence-electron chi connectivity index (χ1n) is 5.77. The second-order valence-electron chi connectivity index (χ2n) is 4.10. The number of anilines is 2. The summed E-state index contributed by atoms with van der Waals surface area (Å²) in [5.41, 5.74) is 8.40. The van der Waals surface area contributed by atoms with Crippen LogP contribution in [0.3, 0.4) is 0 Å². The van der Waals surface area contributed by atoms with E-state index < -0.39 is 0 Å². The molecule has 2 rings (SSSR count). The zero-order chi connectivity index (χ0) is 13.8. The molecular weight excluding hydrogens is 242 g/mol. The molecule has 1 aromatic heterocycles. The molecule has 98 valence electrons. The molecule has 1 aromatic carbocycles. The van der Waals surface area contributed by atoms with Gasteiger partial charge in [0, 0.05) is 17.6 Å². The van der Waals surface area contributed by atoms with Gasteiger partial charge in [0.15, 0.2) is 0 Å². The van der Waals surface area contributed by atoms with Crippen LogP contribution in [0.5, 0.6) is 5.75 Å². The van der Waals surface area contributed by atoms with Crippen LogP contribution in [0.15, 0.2) is 36.7 Å². The van der Waals surface area contributed by atoms with E-state index in [1.807, 2.05) is 6.92 Å². The number of amides is 1. The molecule has 0 aliphatic rings. The van der Waals surface area contributed by atoms with Crippen LogP contribution < -0.4 is 15.8 Å². The van der Waals surface area contributed by atoms with E-state index in [1.165, 1.54) is 13.3 Å². The molecule has 2 aromatic rings. The van der Waals surface area contributed by atoms with E-state index >= 15 is 0 Å². The molecule has 1 heterocycles. The maximum absolute atomic E-state index is 12.2. The fraction of sp³-hybridized carbons (Fsp3) is 0.143. The largest absolute Gasteiger partial charge is 0.494 e. The Kier molecular flexibility index (Phi) is 3.66. The smallest absolute Gasteiger partial charge is 0.259 e. The van der Waals surface area contributed by atoms with Crippen LogP contribution >= 0.6 is 0 Å². The summed E-state index contributed by atoms with van der Waals surface area (Å²) in [6.07, 6.45) is 3.05. The molecule has 0 aliphatic heterocycles. The SMILES string of the molecule is COc1cnccc1C(=O)Nc1ccc(N)cc1C. The first kappa shape index (κ1) is 12.9. The number of aryl methyl sites for hydroxylation is 1. The first-order valence-corrected chi connectivity index (χ1v) is 5.77. The third-order valence-electron chi connectivity index (χ3n) is 2.75. The molecule has 0 fully saturated rings. The molecule has 0 radical (unpaired) electrons. The molecule has 0 aliphatic carbocycles. The molecule has 0 spiro atoms. The number of pyridine rings is 1. The van der Waals surface area contributed by atoms with E-state index in [0.29, 0.717) is 17.0 Å². The van der Waals surface area contributed by atoms with Crippen molar-refractivity contribution in [1.82, 2.24) is 4.98 Å². The lowest BCUT2D eigenvalue weighted by atomic mass is 10.1. The van der Waals surface area contributed by atoms with Crippen LogP contribution in [-0.4, -0.2) is 18.0 Å². The quantitative estimate of drug-likeness (QED) is 0.827. The second-order valence-corrected chi connectivity index (χ2v) is 4.10. The summed E-state index contributed by atoms with van der Waals surface area (Å²) in [5, 5.41) is 2.83. The van der Waals surface area contributed by atoms with Gasteiger partial charge >= 0.3 is 0 Å². The summed E-state index contributed by atoms with van der Waals surface area (Å²) in [6.45, 7) is 1.88. The number of methoxy groups -OCH3 is 1. The van der Waals surface area contributed by atoms with E-state index in [1.54, 1.807) is 30.5 Å². The highest BCUT2D eigenvalue weighted by Gasteiger charge is 2.12. The Morgan fingerprint density at radius 2 is 2.16 bits per heavy atom. The minimum Gasteiger partial charge on any atom is -0.494 e. The molecule has 0 bridgehead atoms. The molecular formula is C14H15N3O2. The van der Waals surface area contributed by atoms with E-state index in [2.05, 4.69) is 10.3 Å². The van der Waals surface area contributed by atoms with Gasteiger partial charge < -0.3 is 15.8 Å². The number of nitrogens with one attached hydrogen (secondary N) is 1. The van der Waals surface area contributed by atoms with Crippen molar-refractivity contribution >= 4 is 17.3 Å². The maximum atomic E-state index is 12.2. The number of carbonyl (C=O) groups excluding carboxylic acids is 1. The number of nitrogen functional groups attached to an aromatic ring is 1. The Bertz CT molecular complexity index is 611. The van der Waals surface area contributed by atoms with Gasteiger partial charge in [0.1, 0.15) is 5.75 Å². The molecule has 5 heteroatoms. The van der Waals surface area contributed by atoms with Crippen LogP contribution in [0.4, 0.5) is 11.4 Å². The van der Waals surface area contributed by atoms with Gasteiger partial charge in [0.2, 0.25) is 0 Å². The third kappa shape index (κ3) is 2.82. The minimum atomic E-state index is -0.243. The second kappa shape index (κ2) is 5.39. The Balaban J connectivity index is 2.26. The molecule has 5 nitrogen and oxygen atoms in total. The fourth-order valence-corrected chi connectivity index (χ4v) is 1.75. The average Bonchev–Trinajstić information content (AvgIpc) is 2.41. The highest BCUT2D eigenvalue weighted by molar-refractivity contribution is 6.06. The number of aromatic nitrogens is 1. The zero-order valence-corrected chi connectivity index (χ0v) is 10.8. The highest BCUT2D eigenvalue weighted by atomic mass is 16.5. The lowest BCUT2D eigenvalue weighted by molar-refractivity contribution is 0.102. The summed E-state index contributed by atoms with van der Waals surface area (Å²) in [6, 6.07) is 6.93. The van der Waals surface area contributed by atoms with Crippen LogP contribution in [0.25, 0.3) is 0 Å². The van der Waals surface area contributed by atoms with Gasteiger partial charge in [-0.2, -0.15) is 0 Å². The Morgan fingerprint density at radius 1 is 1.37 bits per heavy atom. The number of nitrogens with zero attached hydrogens (tertiary/aromatic N) is 1. The zero-order valence-electron chi connectivity index (χ0n) is 10.8. The van der Waals surface area contributed by atoms with Crippen LogP contribution in [0.2, 0.25) is 0 Å². The lowest BCUT2D eigenvalue weighted by Gasteiger charge is -2.11. The average molecular weight is 257 g/mol. The first-order chi connectivity index (χ1) is 9.11. The normalized spacial score (nSPS) is 10.0. The molecule has 0 saturated heterocycles. The molecule has 19 heavy (non-hydrogen) atoms. The van der Waals surface area contributed by atoms with Gasteiger partial charge in [0.25, 0.3) is 5.91 Å². The third-order valence-corrected chi connectivity index (χ3v) is 2.75. The van der Waals surface area contributed by atoms with Gasteiger partial charge in [-0.3, -0.25) is 9.78 Å². The van der Waals surface area contributed by atoms with Crippen molar-refractivity contribution in [1.29, 1.82) is 0 Å². The monoisotopic (exact) mass is 257 g/mol. The van der Waals surface area contributed by atoms with Crippen molar-refractivity contribution in [2.24, 2.45) is 0 Å². The van der Waals surface area contributed by atoms with Gasteiger partial charge in [0.05, 0.1) is 18.9 Å². The molecule has 1 amide bonds. The number of rotatable bonds is 3. The Morgan fingerprint density at radius 3 is 2.84 bits per heavy atom. The molecule has 0 unspecified atom stereocenters.